The molecular weight excluding hydrogens is 144 g/mol. The molecule has 1 unspecified atom stereocenters. The first-order valence-electron chi connectivity index (χ1n) is 3.48. The molecule has 11 heavy (non-hydrogen) atoms. The van der Waals surface area contributed by atoms with Crippen LogP contribution in [0.15, 0.2) is 20.9 Å². The molecule has 0 bridgehead atoms. The molecular formula is C7H8N2O2. The van der Waals surface area contributed by atoms with Gasteiger partial charge in [-0.25, -0.2) is 9.89 Å². The van der Waals surface area contributed by atoms with Crippen LogP contribution in [0.4, 0.5) is 0 Å². The van der Waals surface area contributed by atoms with Crippen LogP contribution in [-0.2, 0) is 0 Å². The van der Waals surface area contributed by atoms with E-state index < -0.39 is 5.76 Å². The molecule has 0 spiro atoms. The number of nitrogens with one attached hydrogen (secondary N) is 1. The quantitative estimate of drug-likeness (QED) is 0.605. The van der Waals surface area contributed by atoms with Gasteiger partial charge >= 0.3 is 5.76 Å². The van der Waals surface area contributed by atoms with Crippen LogP contribution in [-0.4, -0.2) is 10.2 Å². The molecule has 1 aromatic heterocycles. The Morgan fingerprint density at radius 3 is 3.00 bits per heavy atom. The third-order valence-electron chi connectivity index (χ3n) is 1.80. The number of rotatable bonds is 1. The summed E-state index contributed by atoms with van der Waals surface area (Å²) in [4.78, 5) is 10.5. The molecule has 0 aliphatic heterocycles. The van der Waals surface area contributed by atoms with Crippen molar-refractivity contribution < 1.29 is 4.42 Å². The van der Waals surface area contributed by atoms with E-state index in [4.69, 9.17) is 4.42 Å². The van der Waals surface area contributed by atoms with Gasteiger partial charge in [-0.3, -0.25) is 0 Å². The molecule has 0 aromatic carbocycles. The zero-order valence-corrected chi connectivity index (χ0v) is 6.13. The van der Waals surface area contributed by atoms with E-state index in [1.54, 1.807) is 0 Å². The number of allylic oxidation sites excluding steroid dienone is 2. The van der Waals surface area contributed by atoms with Crippen LogP contribution in [0.1, 0.15) is 25.2 Å². The van der Waals surface area contributed by atoms with Gasteiger partial charge in [0, 0.05) is 0 Å². The van der Waals surface area contributed by atoms with Crippen LogP contribution in [0.25, 0.3) is 0 Å². The molecule has 0 saturated heterocycles. The second-order valence-electron chi connectivity index (χ2n) is 2.78. The van der Waals surface area contributed by atoms with Crippen LogP contribution in [0, 0.1) is 0 Å². The third-order valence-corrected chi connectivity index (χ3v) is 1.80. The monoisotopic (exact) mass is 152 g/mol. The summed E-state index contributed by atoms with van der Waals surface area (Å²) in [5.74, 6) is 0.243. The molecule has 1 heterocycles. The van der Waals surface area contributed by atoms with E-state index in [1.807, 2.05) is 13.0 Å². The van der Waals surface area contributed by atoms with E-state index in [9.17, 15) is 4.79 Å². The van der Waals surface area contributed by atoms with Crippen molar-refractivity contribution >= 4 is 0 Å². The molecule has 0 saturated carbocycles. The van der Waals surface area contributed by atoms with Gasteiger partial charge in [-0.15, -0.1) is 5.10 Å². The highest BCUT2D eigenvalue weighted by atomic mass is 16.4. The first kappa shape index (κ1) is 6.39. The minimum atomic E-state index is -0.474. The first-order valence-corrected chi connectivity index (χ1v) is 3.48. The average molecular weight is 152 g/mol. The number of H-pyrrole nitrogens is 1. The molecule has 4 nitrogen and oxygen atoms in total. The number of nitrogens with zero attached hydrogens (tertiary/aromatic N) is 1. The second kappa shape index (κ2) is 2.08. The SMILES string of the molecule is CC1=CC(c2n[nH]c(=O)o2)C1. The maximum absolute atomic E-state index is 10.5. The summed E-state index contributed by atoms with van der Waals surface area (Å²) in [5, 5.41) is 5.95. The summed E-state index contributed by atoms with van der Waals surface area (Å²) in [6, 6.07) is 0. The van der Waals surface area contributed by atoms with E-state index in [0.717, 1.165) is 6.42 Å². The van der Waals surface area contributed by atoms with Crippen LogP contribution in [0.3, 0.4) is 0 Å². The Hall–Kier alpha value is -1.32. The Kier molecular flexibility index (Phi) is 1.21. The fourth-order valence-corrected chi connectivity index (χ4v) is 1.22. The van der Waals surface area contributed by atoms with Crippen molar-refractivity contribution in [1.82, 2.24) is 10.2 Å². The summed E-state index contributed by atoms with van der Waals surface area (Å²) < 4.78 is 4.77. The largest absolute Gasteiger partial charge is 0.434 e. The lowest BCUT2D eigenvalue weighted by molar-refractivity contribution is 0.433. The van der Waals surface area contributed by atoms with Crippen LogP contribution < -0.4 is 5.76 Å². The summed E-state index contributed by atoms with van der Waals surface area (Å²) >= 11 is 0. The van der Waals surface area contributed by atoms with Gasteiger partial charge in [0.1, 0.15) is 0 Å². The molecule has 58 valence electrons. The van der Waals surface area contributed by atoms with Gasteiger partial charge in [0.05, 0.1) is 5.92 Å². The van der Waals surface area contributed by atoms with Crippen molar-refractivity contribution in [2.75, 3.05) is 0 Å². The normalized spacial score (nSPS) is 22.6. The Morgan fingerprint density at radius 1 is 1.82 bits per heavy atom. The van der Waals surface area contributed by atoms with Crippen LogP contribution >= 0.6 is 0 Å². The van der Waals surface area contributed by atoms with Gasteiger partial charge in [-0.1, -0.05) is 11.6 Å². The topological polar surface area (TPSA) is 58.9 Å². The van der Waals surface area contributed by atoms with E-state index in [-0.39, 0.29) is 5.92 Å². The predicted octanol–water partition coefficient (Wildman–Crippen LogP) is 0.796. The molecule has 0 amide bonds. The Bertz CT molecular complexity index is 347. The first-order chi connectivity index (χ1) is 5.25. The standard InChI is InChI=1S/C7H8N2O2/c1-4-2-5(3-4)6-8-9-7(10)11-6/h2,5H,3H2,1H3,(H,9,10). The fourth-order valence-electron chi connectivity index (χ4n) is 1.22. The molecule has 4 heteroatoms. The molecule has 1 atom stereocenters. The predicted molar refractivity (Wildman–Crippen MR) is 38.2 cm³/mol. The Labute approximate surface area is 62.9 Å². The van der Waals surface area contributed by atoms with Gasteiger partial charge < -0.3 is 4.42 Å². The van der Waals surface area contributed by atoms with Crippen LogP contribution in [0.2, 0.25) is 0 Å². The third kappa shape index (κ3) is 1.00. The number of hydrogen-bond donors (Lipinski definition) is 1. The van der Waals surface area contributed by atoms with Gasteiger partial charge in [-0.05, 0) is 13.3 Å². The summed E-state index contributed by atoms with van der Waals surface area (Å²) in [5.41, 5.74) is 1.32. The maximum Gasteiger partial charge on any atom is 0.434 e. The van der Waals surface area contributed by atoms with Crippen molar-refractivity contribution in [3.63, 3.8) is 0 Å². The van der Waals surface area contributed by atoms with E-state index in [2.05, 4.69) is 10.2 Å². The van der Waals surface area contributed by atoms with Gasteiger partial charge in [0.2, 0.25) is 5.89 Å². The number of hydrogen-bond acceptors (Lipinski definition) is 3. The van der Waals surface area contributed by atoms with E-state index in [0.29, 0.717) is 5.89 Å². The minimum Gasteiger partial charge on any atom is -0.392 e. The summed E-state index contributed by atoms with van der Waals surface area (Å²) in [6.07, 6.45) is 2.99. The molecule has 1 aliphatic carbocycles. The van der Waals surface area contributed by atoms with Crippen molar-refractivity contribution in [3.8, 4) is 0 Å². The van der Waals surface area contributed by atoms with Crippen molar-refractivity contribution in [1.29, 1.82) is 0 Å². The molecule has 0 fully saturated rings. The summed E-state index contributed by atoms with van der Waals surface area (Å²) in [6.45, 7) is 2.04. The zero-order chi connectivity index (χ0) is 7.84. The minimum absolute atomic E-state index is 0.217. The van der Waals surface area contributed by atoms with Crippen molar-refractivity contribution in [2.24, 2.45) is 0 Å². The van der Waals surface area contributed by atoms with Crippen molar-refractivity contribution in [3.05, 3.63) is 28.1 Å². The smallest absolute Gasteiger partial charge is 0.392 e. The molecule has 1 aliphatic rings. The molecule has 1 aromatic rings. The number of aromatic amines is 1. The van der Waals surface area contributed by atoms with E-state index >= 15 is 0 Å². The lowest BCUT2D eigenvalue weighted by Crippen LogP contribution is -2.06. The second-order valence-corrected chi connectivity index (χ2v) is 2.78. The van der Waals surface area contributed by atoms with Gasteiger partial charge in [0.15, 0.2) is 0 Å². The van der Waals surface area contributed by atoms with Gasteiger partial charge in [-0.2, -0.15) is 0 Å². The van der Waals surface area contributed by atoms with Gasteiger partial charge in [0.25, 0.3) is 0 Å². The average Bonchev–Trinajstić information content (AvgIpc) is 2.29. The number of aromatic nitrogens is 2. The highest BCUT2D eigenvalue weighted by Gasteiger charge is 2.22. The Balaban J connectivity index is 2.26. The fraction of sp³-hybridized carbons (Fsp3) is 0.429. The summed E-state index contributed by atoms with van der Waals surface area (Å²) in [7, 11) is 0. The maximum atomic E-state index is 10.5. The molecule has 2 rings (SSSR count). The van der Waals surface area contributed by atoms with Crippen molar-refractivity contribution in [2.45, 2.75) is 19.3 Å². The highest BCUT2D eigenvalue weighted by Crippen LogP contribution is 2.32. The Morgan fingerprint density at radius 2 is 2.55 bits per heavy atom. The molecule has 0 radical (unpaired) electrons. The highest BCUT2D eigenvalue weighted by molar-refractivity contribution is 5.22. The lowest BCUT2D eigenvalue weighted by Gasteiger charge is -2.18. The lowest BCUT2D eigenvalue weighted by atomic mass is 9.88. The van der Waals surface area contributed by atoms with Crippen LogP contribution in [0.5, 0.6) is 0 Å². The molecule has 1 N–H and O–H groups in total. The van der Waals surface area contributed by atoms with E-state index in [1.165, 1.54) is 5.57 Å². The zero-order valence-electron chi connectivity index (χ0n) is 6.13.